The maximum atomic E-state index is 7.38. The third-order valence-corrected chi connectivity index (χ3v) is 1.74. The SMILES string of the molecule is CCC(=N)Nc1ccc(Cl)cc1. The van der Waals surface area contributed by atoms with E-state index in [-0.39, 0.29) is 0 Å². The number of hydrogen-bond acceptors (Lipinski definition) is 1. The molecule has 2 N–H and O–H groups in total. The number of anilines is 1. The van der Waals surface area contributed by atoms with Crippen molar-refractivity contribution in [2.45, 2.75) is 13.3 Å². The molecular formula is C9H11ClN2. The van der Waals surface area contributed by atoms with E-state index in [1.807, 2.05) is 19.1 Å². The average molecular weight is 183 g/mol. The van der Waals surface area contributed by atoms with Crippen LogP contribution in [0.2, 0.25) is 5.02 Å². The van der Waals surface area contributed by atoms with Gasteiger partial charge in [-0.1, -0.05) is 18.5 Å². The molecule has 0 aliphatic carbocycles. The van der Waals surface area contributed by atoms with Gasteiger partial charge >= 0.3 is 0 Å². The quantitative estimate of drug-likeness (QED) is 0.535. The molecule has 0 aliphatic rings. The largest absolute Gasteiger partial charge is 0.344 e. The van der Waals surface area contributed by atoms with Crippen LogP contribution >= 0.6 is 11.6 Å². The Morgan fingerprint density at radius 2 is 2.00 bits per heavy atom. The summed E-state index contributed by atoms with van der Waals surface area (Å²) in [4.78, 5) is 0. The van der Waals surface area contributed by atoms with Gasteiger partial charge in [-0.15, -0.1) is 0 Å². The van der Waals surface area contributed by atoms with E-state index in [2.05, 4.69) is 5.32 Å². The highest BCUT2D eigenvalue weighted by Gasteiger charge is 1.93. The van der Waals surface area contributed by atoms with Crippen molar-refractivity contribution < 1.29 is 0 Å². The number of rotatable bonds is 2. The Labute approximate surface area is 77.1 Å². The summed E-state index contributed by atoms with van der Waals surface area (Å²) in [6.45, 7) is 1.94. The first kappa shape index (κ1) is 9.07. The monoisotopic (exact) mass is 182 g/mol. The summed E-state index contributed by atoms with van der Waals surface area (Å²) < 4.78 is 0. The molecule has 0 aromatic heterocycles. The number of nitrogens with one attached hydrogen (secondary N) is 2. The summed E-state index contributed by atoms with van der Waals surface area (Å²) in [6, 6.07) is 7.30. The molecule has 0 atom stereocenters. The van der Waals surface area contributed by atoms with Gasteiger partial charge in [0.15, 0.2) is 0 Å². The average Bonchev–Trinajstić information content (AvgIpc) is 2.09. The van der Waals surface area contributed by atoms with Crippen LogP contribution in [0.15, 0.2) is 24.3 Å². The topological polar surface area (TPSA) is 35.9 Å². The first-order chi connectivity index (χ1) is 5.72. The summed E-state index contributed by atoms with van der Waals surface area (Å²) in [5.41, 5.74) is 0.909. The van der Waals surface area contributed by atoms with Gasteiger partial charge in [0.1, 0.15) is 0 Å². The standard InChI is InChI=1S/C9H11ClN2/c1-2-9(11)12-8-5-3-7(10)4-6-8/h3-6H,2H2,1H3,(H2,11,12). The molecule has 0 saturated heterocycles. The number of amidine groups is 1. The van der Waals surface area contributed by atoms with Crippen LogP contribution in [0.25, 0.3) is 0 Å². The van der Waals surface area contributed by atoms with Gasteiger partial charge in [-0.05, 0) is 24.3 Å². The Bertz CT molecular complexity index is 266. The minimum Gasteiger partial charge on any atom is -0.344 e. The van der Waals surface area contributed by atoms with Gasteiger partial charge in [0, 0.05) is 17.1 Å². The van der Waals surface area contributed by atoms with E-state index < -0.39 is 0 Å². The van der Waals surface area contributed by atoms with Gasteiger partial charge in [-0.3, -0.25) is 5.41 Å². The molecule has 0 bridgehead atoms. The van der Waals surface area contributed by atoms with Crippen molar-refractivity contribution in [2.24, 2.45) is 0 Å². The molecule has 0 heterocycles. The van der Waals surface area contributed by atoms with Crippen LogP contribution in [0.1, 0.15) is 13.3 Å². The van der Waals surface area contributed by atoms with Gasteiger partial charge in [0.25, 0.3) is 0 Å². The smallest absolute Gasteiger partial charge is 0.0973 e. The second kappa shape index (κ2) is 4.12. The molecule has 1 aromatic carbocycles. The third kappa shape index (κ3) is 2.55. The minimum absolute atomic E-state index is 0.511. The van der Waals surface area contributed by atoms with Crippen LogP contribution in [0.4, 0.5) is 5.69 Å². The molecule has 64 valence electrons. The minimum atomic E-state index is 0.511. The van der Waals surface area contributed by atoms with Crippen LogP contribution in [0.5, 0.6) is 0 Å². The van der Waals surface area contributed by atoms with Gasteiger partial charge in [0.05, 0.1) is 5.84 Å². The Morgan fingerprint density at radius 3 is 2.50 bits per heavy atom. The lowest BCUT2D eigenvalue weighted by Crippen LogP contribution is -2.07. The second-order valence-corrected chi connectivity index (χ2v) is 2.90. The van der Waals surface area contributed by atoms with Crippen molar-refractivity contribution >= 4 is 23.1 Å². The fraction of sp³-hybridized carbons (Fsp3) is 0.222. The number of halogens is 1. The molecule has 0 fully saturated rings. The predicted octanol–water partition coefficient (Wildman–Crippen LogP) is 3.14. The maximum Gasteiger partial charge on any atom is 0.0973 e. The van der Waals surface area contributed by atoms with Crippen LogP contribution in [0, 0.1) is 5.41 Å². The van der Waals surface area contributed by atoms with Crippen molar-refractivity contribution in [3.8, 4) is 0 Å². The number of hydrogen-bond donors (Lipinski definition) is 2. The lowest BCUT2D eigenvalue weighted by atomic mass is 10.3. The Balaban J connectivity index is 2.64. The zero-order valence-electron chi connectivity index (χ0n) is 6.89. The van der Waals surface area contributed by atoms with Gasteiger partial charge in [-0.2, -0.15) is 0 Å². The Hall–Kier alpha value is -1.02. The van der Waals surface area contributed by atoms with Crippen molar-refractivity contribution in [3.05, 3.63) is 29.3 Å². The second-order valence-electron chi connectivity index (χ2n) is 2.46. The molecule has 0 aliphatic heterocycles. The summed E-state index contributed by atoms with van der Waals surface area (Å²) in [7, 11) is 0. The molecule has 0 spiro atoms. The highest BCUT2D eigenvalue weighted by Crippen LogP contribution is 2.13. The molecule has 1 aromatic rings. The maximum absolute atomic E-state index is 7.38. The molecule has 2 nitrogen and oxygen atoms in total. The van der Waals surface area contributed by atoms with E-state index in [1.165, 1.54) is 0 Å². The van der Waals surface area contributed by atoms with Crippen LogP contribution in [-0.2, 0) is 0 Å². The van der Waals surface area contributed by atoms with E-state index in [0.29, 0.717) is 17.3 Å². The Morgan fingerprint density at radius 1 is 1.42 bits per heavy atom. The van der Waals surface area contributed by atoms with Crippen molar-refractivity contribution in [2.75, 3.05) is 5.32 Å². The lowest BCUT2D eigenvalue weighted by molar-refractivity contribution is 1.23. The Kier molecular flexibility index (Phi) is 3.11. The zero-order valence-corrected chi connectivity index (χ0v) is 7.65. The van der Waals surface area contributed by atoms with E-state index in [1.54, 1.807) is 12.1 Å². The molecule has 12 heavy (non-hydrogen) atoms. The highest BCUT2D eigenvalue weighted by molar-refractivity contribution is 6.30. The normalized spacial score (nSPS) is 9.50. The molecule has 3 heteroatoms. The lowest BCUT2D eigenvalue weighted by Gasteiger charge is -2.04. The molecule has 1 rings (SSSR count). The highest BCUT2D eigenvalue weighted by atomic mass is 35.5. The van der Waals surface area contributed by atoms with Crippen LogP contribution in [-0.4, -0.2) is 5.84 Å². The molecule has 0 radical (unpaired) electrons. The summed E-state index contributed by atoms with van der Waals surface area (Å²) in [5.74, 6) is 0.511. The molecule has 0 unspecified atom stereocenters. The summed E-state index contributed by atoms with van der Waals surface area (Å²) in [5, 5.41) is 11.0. The van der Waals surface area contributed by atoms with Crippen molar-refractivity contribution in [1.82, 2.24) is 0 Å². The third-order valence-electron chi connectivity index (χ3n) is 1.49. The molecule has 0 saturated carbocycles. The fourth-order valence-electron chi connectivity index (χ4n) is 0.796. The summed E-state index contributed by atoms with van der Waals surface area (Å²) in [6.07, 6.45) is 0.711. The van der Waals surface area contributed by atoms with Crippen molar-refractivity contribution in [3.63, 3.8) is 0 Å². The van der Waals surface area contributed by atoms with E-state index in [0.717, 1.165) is 5.69 Å². The first-order valence-electron chi connectivity index (χ1n) is 3.82. The van der Waals surface area contributed by atoms with E-state index >= 15 is 0 Å². The van der Waals surface area contributed by atoms with Crippen LogP contribution in [0.3, 0.4) is 0 Å². The number of benzene rings is 1. The van der Waals surface area contributed by atoms with Gasteiger partial charge in [-0.25, -0.2) is 0 Å². The van der Waals surface area contributed by atoms with E-state index in [4.69, 9.17) is 17.0 Å². The molecule has 0 amide bonds. The van der Waals surface area contributed by atoms with Gasteiger partial charge < -0.3 is 5.32 Å². The van der Waals surface area contributed by atoms with Gasteiger partial charge in [0.2, 0.25) is 0 Å². The van der Waals surface area contributed by atoms with Crippen molar-refractivity contribution in [1.29, 1.82) is 5.41 Å². The molecular weight excluding hydrogens is 172 g/mol. The summed E-state index contributed by atoms with van der Waals surface area (Å²) >= 11 is 5.70. The van der Waals surface area contributed by atoms with E-state index in [9.17, 15) is 0 Å². The predicted molar refractivity (Wildman–Crippen MR) is 53.1 cm³/mol. The van der Waals surface area contributed by atoms with Crippen LogP contribution < -0.4 is 5.32 Å². The fourth-order valence-corrected chi connectivity index (χ4v) is 0.922. The first-order valence-corrected chi connectivity index (χ1v) is 4.20. The zero-order chi connectivity index (χ0) is 8.97.